The third-order valence-electron chi connectivity index (χ3n) is 2.40. The van der Waals surface area contributed by atoms with Crippen molar-refractivity contribution >= 4 is 0 Å². The SMILES string of the molecule is C=C(CC(C)c1cccc(F)c1)OC(C)(C)C. The molecule has 94 valence electrons. The lowest BCUT2D eigenvalue weighted by molar-refractivity contribution is 0.0465. The van der Waals surface area contributed by atoms with Gasteiger partial charge in [0.2, 0.25) is 0 Å². The van der Waals surface area contributed by atoms with Gasteiger partial charge >= 0.3 is 0 Å². The number of rotatable bonds is 4. The van der Waals surface area contributed by atoms with E-state index in [2.05, 4.69) is 6.58 Å². The van der Waals surface area contributed by atoms with Crippen LogP contribution in [0.2, 0.25) is 0 Å². The number of hydrogen-bond donors (Lipinski definition) is 0. The molecular weight excluding hydrogens is 215 g/mol. The summed E-state index contributed by atoms with van der Waals surface area (Å²) < 4.78 is 18.8. The monoisotopic (exact) mass is 236 g/mol. The van der Waals surface area contributed by atoms with Crippen molar-refractivity contribution in [2.45, 2.75) is 45.6 Å². The Hall–Kier alpha value is -1.31. The maximum absolute atomic E-state index is 13.1. The summed E-state index contributed by atoms with van der Waals surface area (Å²) in [6, 6.07) is 6.68. The Morgan fingerprint density at radius 2 is 2.06 bits per heavy atom. The highest BCUT2D eigenvalue weighted by atomic mass is 19.1. The van der Waals surface area contributed by atoms with Crippen LogP contribution in [0.15, 0.2) is 36.6 Å². The normalized spacial score (nSPS) is 13.2. The minimum atomic E-state index is -0.223. The minimum absolute atomic E-state index is 0.197. The first-order chi connectivity index (χ1) is 7.78. The number of ether oxygens (including phenoxy) is 1. The summed E-state index contributed by atoms with van der Waals surface area (Å²) in [4.78, 5) is 0. The van der Waals surface area contributed by atoms with E-state index in [1.54, 1.807) is 12.1 Å². The van der Waals surface area contributed by atoms with Gasteiger partial charge in [-0.3, -0.25) is 0 Å². The molecule has 0 bridgehead atoms. The summed E-state index contributed by atoms with van der Waals surface area (Å²) in [5, 5.41) is 0. The van der Waals surface area contributed by atoms with Crippen LogP contribution in [0.4, 0.5) is 4.39 Å². The molecule has 0 radical (unpaired) electrons. The van der Waals surface area contributed by atoms with Crippen molar-refractivity contribution < 1.29 is 9.13 Å². The maximum Gasteiger partial charge on any atom is 0.123 e. The first-order valence-corrected chi connectivity index (χ1v) is 5.90. The van der Waals surface area contributed by atoms with E-state index in [-0.39, 0.29) is 17.3 Å². The molecule has 2 heteroatoms. The quantitative estimate of drug-likeness (QED) is 0.691. The van der Waals surface area contributed by atoms with Crippen LogP contribution in [0, 0.1) is 5.82 Å². The van der Waals surface area contributed by atoms with Crippen LogP contribution in [0.25, 0.3) is 0 Å². The van der Waals surface area contributed by atoms with E-state index in [1.807, 2.05) is 33.8 Å². The highest BCUT2D eigenvalue weighted by Gasteiger charge is 2.15. The predicted octanol–water partition coefficient (Wildman–Crippen LogP) is 4.65. The van der Waals surface area contributed by atoms with Crippen LogP contribution in [0.5, 0.6) is 0 Å². The smallest absolute Gasteiger partial charge is 0.123 e. The first-order valence-electron chi connectivity index (χ1n) is 5.90. The molecule has 1 atom stereocenters. The molecule has 1 aromatic rings. The molecule has 0 N–H and O–H groups in total. The molecule has 0 fully saturated rings. The van der Waals surface area contributed by atoms with Crippen molar-refractivity contribution in [2.75, 3.05) is 0 Å². The zero-order valence-electron chi connectivity index (χ0n) is 11.1. The molecule has 0 aliphatic rings. The molecule has 1 aromatic carbocycles. The van der Waals surface area contributed by atoms with Gasteiger partial charge in [-0.25, -0.2) is 4.39 Å². The van der Waals surface area contributed by atoms with Gasteiger partial charge in [0.15, 0.2) is 0 Å². The van der Waals surface area contributed by atoms with E-state index in [0.717, 1.165) is 11.3 Å². The largest absolute Gasteiger partial charge is 0.493 e. The second kappa shape index (κ2) is 5.35. The molecule has 0 spiro atoms. The van der Waals surface area contributed by atoms with E-state index in [9.17, 15) is 4.39 Å². The van der Waals surface area contributed by atoms with E-state index >= 15 is 0 Å². The summed E-state index contributed by atoms with van der Waals surface area (Å²) in [5.41, 5.74) is 0.752. The average Bonchev–Trinajstić information content (AvgIpc) is 2.14. The van der Waals surface area contributed by atoms with Gasteiger partial charge in [0.25, 0.3) is 0 Å². The van der Waals surface area contributed by atoms with Gasteiger partial charge in [-0.15, -0.1) is 0 Å². The van der Waals surface area contributed by atoms with E-state index in [1.165, 1.54) is 6.07 Å². The fourth-order valence-corrected chi connectivity index (χ4v) is 1.75. The Bertz CT molecular complexity index is 390. The summed E-state index contributed by atoms with van der Waals surface area (Å²) in [6.07, 6.45) is 0.709. The van der Waals surface area contributed by atoms with E-state index in [4.69, 9.17) is 4.74 Å². The highest BCUT2D eigenvalue weighted by molar-refractivity contribution is 5.21. The number of halogens is 1. The number of benzene rings is 1. The summed E-state index contributed by atoms with van der Waals surface area (Å²) in [7, 11) is 0. The zero-order valence-corrected chi connectivity index (χ0v) is 11.1. The Morgan fingerprint density at radius 3 is 2.59 bits per heavy atom. The Labute approximate surface area is 103 Å². The van der Waals surface area contributed by atoms with Gasteiger partial charge < -0.3 is 4.74 Å². The maximum atomic E-state index is 13.1. The van der Waals surface area contributed by atoms with Crippen molar-refractivity contribution in [3.8, 4) is 0 Å². The topological polar surface area (TPSA) is 9.23 Å². The van der Waals surface area contributed by atoms with Crippen LogP contribution >= 0.6 is 0 Å². The molecule has 0 heterocycles. The molecule has 0 aliphatic carbocycles. The first kappa shape index (κ1) is 13.8. The minimum Gasteiger partial charge on any atom is -0.493 e. The van der Waals surface area contributed by atoms with Crippen LogP contribution in [0.3, 0.4) is 0 Å². The van der Waals surface area contributed by atoms with Crippen LogP contribution in [-0.2, 0) is 4.74 Å². The fourth-order valence-electron chi connectivity index (χ4n) is 1.75. The summed E-state index contributed by atoms with van der Waals surface area (Å²) in [6.45, 7) is 11.9. The second-order valence-electron chi connectivity index (χ2n) is 5.41. The molecule has 0 aliphatic heterocycles. The summed E-state index contributed by atoms with van der Waals surface area (Å²) in [5.74, 6) is 0.756. The lowest BCUT2D eigenvalue weighted by atomic mass is 9.97. The Balaban J connectivity index is 2.61. The van der Waals surface area contributed by atoms with Crippen molar-refractivity contribution in [3.63, 3.8) is 0 Å². The third-order valence-corrected chi connectivity index (χ3v) is 2.40. The zero-order chi connectivity index (χ0) is 13.1. The lowest BCUT2D eigenvalue weighted by Crippen LogP contribution is -2.18. The average molecular weight is 236 g/mol. The third kappa shape index (κ3) is 5.03. The standard InChI is InChI=1S/C15H21FO/c1-11(9-12(2)17-15(3,4)5)13-7-6-8-14(16)10-13/h6-8,10-11H,2,9H2,1,3-5H3. The number of hydrogen-bond acceptors (Lipinski definition) is 1. The lowest BCUT2D eigenvalue weighted by Gasteiger charge is -2.24. The van der Waals surface area contributed by atoms with Crippen molar-refractivity contribution in [2.24, 2.45) is 0 Å². The molecule has 0 saturated heterocycles. The van der Waals surface area contributed by atoms with Gasteiger partial charge in [0.05, 0.1) is 5.76 Å². The molecule has 17 heavy (non-hydrogen) atoms. The Kier molecular flexibility index (Phi) is 4.33. The highest BCUT2D eigenvalue weighted by Crippen LogP contribution is 2.25. The fraction of sp³-hybridized carbons (Fsp3) is 0.467. The predicted molar refractivity (Wildman–Crippen MR) is 69.4 cm³/mol. The molecule has 0 saturated carbocycles. The van der Waals surface area contributed by atoms with Crippen LogP contribution in [-0.4, -0.2) is 5.60 Å². The van der Waals surface area contributed by atoms with Crippen LogP contribution in [0.1, 0.15) is 45.6 Å². The van der Waals surface area contributed by atoms with Gasteiger partial charge in [0, 0.05) is 6.42 Å². The van der Waals surface area contributed by atoms with E-state index < -0.39 is 0 Å². The van der Waals surface area contributed by atoms with E-state index in [0.29, 0.717) is 6.42 Å². The summed E-state index contributed by atoms with van der Waals surface area (Å²) >= 11 is 0. The molecule has 1 unspecified atom stereocenters. The van der Waals surface area contributed by atoms with Gasteiger partial charge in [-0.1, -0.05) is 25.6 Å². The molecule has 0 aromatic heterocycles. The Morgan fingerprint density at radius 1 is 1.41 bits per heavy atom. The van der Waals surface area contributed by atoms with Gasteiger partial charge in [0.1, 0.15) is 11.4 Å². The molecule has 1 rings (SSSR count). The van der Waals surface area contributed by atoms with Crippen molar-refractivity contribution in [1.82, 2.24) is 0 Å². The molecular formula is C15H21FO. The molecule has 0 amide bonds. The van der Waals surface area contributed by atoms with Crippen molar-refractivity contribution in [3.05, 3.63) is 48.0 Å². The van der Waals surface area contributed by atoms with Crippen molar-refractivity contribution in [1.29, 1.82) is 0 Å². The molecule has 1 nitrogen and oxygen atoms in total. The van der Waals surface area contributed by atoms with Crippen LogP contribution < -0.4 is 0 Å². The second-order valence-corrected chi connectivity index (χ2v) is 5.41. The number of allylic oxidation sites excluding steroid dienone is 1. The van der Waals surface area contributed by atoms with Gasteiger partial charge in [-0.2, -0.15) is 0 Å². The van der Waals surface area contributed by atoms with Gasteiger partial charge in [-0.05, 0) is 44.4 Å².